The molecule has 1 aromatic carbocycles. The van der Waals surface area contributed by atoms with Crippen molar-refractivity contribution < 1.29 is 8.42 Å². The summed E-state index contributed by atoms with van der Waals surface area (Å²) < 4.78 is 26.8. The smallest absolute Gasteiger partial charge is 0.243 e. The standard InChI is InChI=1S/C16H21N3O2S/c17-11-14-2-1-3-16(10-14)22(20,21)19-8-6-15(7-9-19)18-12-13-4-5-13/h1-3,10,13,15,18H,4-9,12H2. The number of hydrogen-bond acceptors (Lipinski definition) is 4. The van der Waals surface area contributed by atoms with Crippen LogP contribution in [-0.4, -0.2) is 38.4 Å². The van der Waals surface area contributed by atoms with Crippen LogP contribution < -0.4 is 5.32 Å². The third kappa shape index (κ3) is 3.49. The molecule has 22 heavy (non-hydrogen) atoms. The Balaban J connectivity index is 1.62. The highest BCUT2D eigenvalue weighted by atomic mass is 32.2. The Hall–Kier alpha value is -1.42. The van der Waals surface area contributed by atoms with Crippen LogP contribution in [-0.2, 0) is 10.0 Å². The Morgan fingerprint density at radius 1 is 1.23 bits per heavy atom. The molecular formula is C16H21N3O2S. The van der Waals surface area contributed by atoms with Gasteiger partial charge in [0.15, 0.2) is 0 Å². The summed E-state index contributed by atoms with van der Waals surface area (Å²) in [7, 11) is -3.48. The minimum atomic E-state index is -3.48. The molecule has 1 saturated heterocycles. The predicted molar refractivity (Wildman–Crippen MR) is 83.7 cm³/mol. The third-order valence-corrected chi connectivity index (χ3v) is 6.34. The Labute approximate surface area is 132 Å². The maximum atomic E-state index is 12.6. The lowest BCUT2D eigenvalue weighted by Crippen LogP contribution is -2.45. The summed E-state index contributed by atoms with van der Waals surface area (Å²) in [5.41, 5.74) is 0.377. The van der Waals surface area contributed by atoms with Gasteiger partial charge < -0.3 is 5.32 Å². The molecule has 5 nitrogen and oxygen atoms in total. The van der Waals surface area contributed by atoms with E-state index in [9.17, 15) is 8.42 Å². The van der Waals surface area contributed by atoms with Crippen LogP contribution in [0.2, 0.25) is 0 Å². The van der Waals surface area contributed by atoms with E-state index in [1.807, 2.05) is 6.07 Å². The normalized spacial score (nSPS) is 20.7. The van der Waals surface area contributed by atoms with Crippen LogP contribution in [0.4, 0.5) is 0 Å². The Bertz CT molecular complexity index is 669. The van der Waals surface area contributed by atoms with Crippen molar-refractivity contribution in [3.05, 3.63) is 29.8 Å². The van der Waals surface area contributed by atoms with Crippen LogP contribution in [0.5, 0.6) is 0 Å². The molecule has 6 heteroatoms. The molecule has 0 amide bonds. The highest BCUT2D eigenvalue weighted by Crippen LogP contribution is 2.28. The highest BCUT2D eigenvalue weighted by Gasteiger charge is 2.30. The molecule has 118 valence electrons. The van der Waals surface area contributed by atoms with Crippen LogP contribution in [0.15, 0.2) is 29.2 Å². The summed E-state index contributed by atoms with van der Waals surface area (Å²) >= 11 is 0. The summed E-state index contributed by atoms with van der Waals surface area (Å²) in [6.07, 6.45) is 4.36. The van der Waals surface area contributed by atoms with Crippen molar-refractivity contribution in [1.82, 2.24) is 9.62 Å². The zero-order valence-electron chi connectivity index (χ0n) is 12.5. The van der Waals surface area contributed by atoms with Gasteiger partial charge in [0.05, 0.1) is 16.5 Å². The average molecular weight is 319 g/mol. The Morgan fingerprint density at radius 2 is 1.95 bits per heavy atom. The largest absolute Gasteiger partial charge is 0.314 e. The molecule has 2 fully saturated rings. The highest BCUT2D eigenvalue weighted by molar-refractivity contribution is 7.89. The molecule has 1 aliphatic carbocycles. The zero-order valence-corrected chi connectivity index (χ0v) is 13.3. The average Bonchev–Trinajstić information content (AvgIpc) is 3.38. The van der Waals surface area contributed by atoms with E-state index in [0.29, 0.717) is 24.7 Å². The summed E-state index contributed by atoms with van der Waals surface area (Å²) in [4.78, 5) is 0.218. The first-order valence-electron chi connectivity index (χ1n) is 7.83. The third-order valence-electron chi connectivity index (χ3n) is 4.45. The van der Waals surface area contributed by atoms with Crippen LogP contribution in [0.25, 0.3) is 0 Å². The summed E-state index contributed by atoms with van der Waals surface area (Å²) in [5, 5.41) is 12.5. The monoisotopic (exact) mass is 319 g/mol. The zero-order chi connectivity index (χ0) is 15.6. The van der Waals surface area contributed by atoms with Crippen molar-refractivity contribution in [1.29, 1.82) is 5.26 Å². The minimum absolute atomic E-state index is 0.218. The lowest BCUT2D eigenvalue weighted by Gasteiger charge is -2.31. The second kappa shape index (κ2) is 6.37. The van der Waals surface area contributed by atoms with Gasteiger partial charge in [0.1, 0.15) is 0 Å². The molecule has 1 saturated carbocycles. The number of piperidine rings is 1. The van der Waals surface area contributed by atoms with Crippen molar-refractivity contribution in [2.75, 3.05) is 19.6 Å². The van der Waals surface area contributed by atoms with E-state index >= 15 is 0 Å². The van der Waals surface area contributed by atoms with E-state index in [1.165, 1.54) is 18.9 Å². The Kier molecular flexibility index (Phi) is 4.48. The molecule has 0 unspecified atom stereocenters. The molecule has 0 atom stereocenters. The number of nitriles is 1. The second-order valence-corrected chi connectivity index (χ2v) is 8.11. The first-order valence-corrected chi connectivity index (χ1v) is 9.27. The van der Waals surface area contributed by atoms with Gasteiger partial charge in [-0.15, -0.1) is 0 Å². The predicted octanol–water partition coefficient (Wildman–Crippen LogP) is 1.71. The quantitative estimate of drug-likeness (QED) is 0.897. The van der Waals surface area contributed by atoms with Crippen LogP contribution in [0.1, 0.15) is 31.2 Å². The molecule has 1 heterocycles. The van der Waals surface area contributed by atoms with Gasteiger partial charge in [-0.05, 0) is 56.3 Å². The van der Waals surface area contributed by atoms with Gasteiger partial charge >= 0.3 is 0 Å². The van der Waals surface area contributed by atoms with Gasteiger partial charge in [-0.1, -0.05) is 6.07 Å². The SMILES string of the molecule is N#Cc1cccc(S(=O)(=O)N2CCC(NCC3CC3)CC2)c1. The maximum Gasteiger partial charge on any atom is 0.243 e. The lowest BCUT2D eigenvalue weighted by molar-refractivity contribution is 0.288. The van der Waals surface area contributed by atoms with E-state index in [2.05, 4.69) is 5.32 Å². The van der Waals surface area contributed by atoms with E-state index in [-0.39, 0.29) is 4.90 Å². The minimum Gasteiger partial charge on any atom is -0.314 e. The molecule has 0 radical (unpaired) electrons. The number of benzene rings is 1. The van der Waals surface area contributed by atoms with Crippen molar-refractivity contribution >= 4 is 10.0 Å². The molecule has 1 aliphatic heterocycles. The fraction of sp³-hybridized carbons (Fsp3) is 0.562. The van der Waals surface area contributed by atoms with E-state index in [1.54, 1.807) is 22.5 Å². The summed E-state index contributed by atoms with van der Waals surface area (Å²) in [6, 6.07) is 8.67. The van der Waals surface area contributed by atoms with Crippen molar-refractivity contribution in [3.8, 4) is 6.07 Å². The van der Waals surface area contributed by atoms with Crippen molar-refractivity contribution in [2.45, 2.75) is 36.6 Å². The number of sulfonamides is 1. The van der Waals surface area contributed by atoms with Gasteiger partial charge in [0.25, 0.3) is 0 Å². The molecule has 0 spiro atoms. The van der Waals surface area contributed by atoms with Gasteiger partial charge in [-0.3, -0.25) is 0 Å². The summed E-state index contributed by atoms with van der Waals surface area (Å²) in [5.74, 6) is 0.843. The lowest BCUT2D eigenvalue weighted by atomic mass is 10.1. The fourth-order valence-electron chi connectivity index (χ4n) is 2.83. The number of hydrogen-bond donors (Lipinski definition) is 1. The first kappa shape index (κ1) is 15.5. The van der Waals surface area contributed by atoms with Gasteiger partial charge in [-0.2, -0.15) is 9.57 Å². The van der Waals surface area contributed by atoms with E-state index < -0.39 is 10.0 Å². The summed E-state index contributed by atoms with van der Waals surface area (Å²) in [6.45, 7) is 2.16. The first-order chi connectivity index (χ1) is 10.6. The molecular weight excluding hydrogens is 298 g/mol. The van der Waals surface area contributed by atoms with Crippen LogP contribution in [0, 0.1) is 17.2 Å². The Morgan fingerprint density at radius 3 is 2.59 bits per heavy atom. The van der Waals surface area contributed by atoms with Crippen LogP contribution >= 0.6 is 0 Å². The molecule has 3 rings (SSSR count). The topological polar surface area (TPSA) is 73.2 Å². The van der Waals surface area contributed by atoms with Crippen molar-refractivity contribution in [3.63, 3.8) is 0 Å². The number of nitrogens with one attached hydrogen (secondary N) is 1. The van der Waals surface area contributed by atoms with Crippen molar-refractivity contribution in [2.24, 2.45) is 5.92 Å². The van der Waals surface area contributed by atoms with Gasteiger partial charge in [-0.25, -0.2) is 8.42 Å². The molecule has 1 aromatic rings. The fourth-order valence-corrected chi connectivity index (χ4v) is 4.35. The second-order valence-electron chi connectivity index (χ2n) is 6.17. The number of nitrogens with zero attached hydrogens (tertiary/aromatic N) is 2. The molecule has 0 aromatic heterocycles. The van der Waals surface area contributed by atoms with Gasteiger partial charge in [0.2, 0.25) is 10.0 Å². The molecule has 0 bridgehead atoms. The molecule has 1 N–H and O–H groups in total. The van der Waals surface area contributed by atoms with E-state index in [4.69, 9.17) is 5.26 Å². The molecule has 2 aliphatic rings. The number of rotatable bonds is 5. The van der Waals surface area contributed by atoms with Crippen LogP contribution in [0.3, 0.4) is 0 Å². The van der Waals surface area contributed by atoms with Gasteiger partial charge in [0, 0.05) is 19.1 Å². The van der Waals surface area contributed by atoms with E-state index in [0.717, 1.165) is 25.3 Å². The maximum absolute atomic E-state index is 12.6.